The van der Waals surface area contributed by atoms with E-state index in [2.05, 4.69) is 22.9 Å². The highest BCUT2D eigenvalue weighted by Gasteiger charge is 2.38. The molecular weight excluding hydrogens is 192 g/mol. The molecule has 82 valence electrons. The van der Waals surface area contributed by atoms with Gasteiger partial charge in [-0.15, -0.1) is 0 Å². The molecule has 0 bridgehead atoms. The predicted molar refractivity (Wildman–Crippen MR) is 63.7 cm³/mol. The second kappa shape index (κ2) is 4.42. The molecular formula is C11H22N2S. The van der Waals surface area contributed by atoms with Crippen molar-refractivity contribution in [2.24, 2.45) is 5.73 Å². The van der Waals surface area contributed by atoms with Crippen LogP contribution >= 0.6 is 11.8 Å². The van der Waals surface area contributed by atoms with Crippen LogP contribution in [0.1, 0.15) is 32.1 Å². The van der Waals surface area contributed by atoms with Gasteiger partial charge in [0.25, 0.3) is 0 Å². The minimum Gasteiger partial charge on any atom is -0.327 e. The summed E-state index contributed by atoms with van der Waals surface area (Å²) in [6, 6.07) is 0.433. The molecule has 1 aliphatic carbocycles. The fourth-order valence-corrected chi connectivity index (χ4v) is 3.65. The number of piperidine rings is 1. The molecule has 1 atom stereocenters. The third-order valence-corrected chi connectivity index (χ3v) is 5.15. The number of nitrogens with zero attached hydrogens (tertiary/aromatic N) is 1. The normalized spacial score (nSPS) is 32.6. The van der Waals surface area contributed by atoms with Crippen LogP contribution in [0, 0.1) is 0 Å². The van der Waals surface area contributed by atoms with Crippen LogP contribution < -0.4 is 5.73 Å². The predicted octanol–water partition coefficient (Wildman–Crippen LogP) is 1.70. The third-order valence-electron chi connectivity index (χ3n) is 3.75. The molecule has 1 heterocycles. The lowest BCUT2D eigenvalue weighted by Crippen LogP contribution is -2.51. The molecule has 0 radical (unpaired) electrons. The van der Waals surface area contributed by atoms with Crippen LogP contribution in [0.2, 0.25) is 0 Å². The van der Waals surface area contributed by atoms with Gasteiger partial charge in [0.2, 0.25) is 0 Å². The second-order valence-electron chi connectivity index (χ2n) is 4.88. The minimum absolute atomic E-state index is 0.433. The summed E-state index contributed by atoms with van der Waals surface area (Å²) in [5.74, 6) is 0. The molecule has 1 saturated carbocycles. The first-order valence-electron chi connectivity index (χ1n) is 5.77. The largest absolute Gasteiger partial charge is 0.327 e. The van der Waals surface area contributed by atoms with Crippen molar-refractivity contribution in [3.05, 3.63) is 0 Å². The van der Waals surface area contributed by atoms with Crippen LogP contribution in [0.25, 0.3) is 0 Å². The van der Waals surface area contributed by atoms with Crippen molar-refractivity contribution in [3.8, 4) is 0 Å². The van der Waals surface area contributed by atoms with Gasteiger partial charge in [0.15, 0.2) is 0 Å². The molecule has 2 N–H and O–H groups in total. The Bertz CT molecular complexity index is 186. The Morgan fingerprint density at radius 1 is 1.43 bits per heavy atom. The zero-order valence-corrected chi connectivity index (χ0v) is 9.98. The van der Waals surface area contributed by atoms with Gasteiger partial charge in [0, 0.05) is 23.9 Å². The number of hydrogen-bond donors (Lipinski definition) is 1. The van der Waals surface area contributed by atoms with Gasteiger partial charge in [-0.1, -0.05) is 6.42 Å². The fourth-order valence-electron chi connectivity index (χ4n) is 2.64. The van der Waals surface area contributed by atoms with E-state index in [1.54, 1.807) is 0 Å². The third kappa shape index (κ3) is 2.26. The van der Waals surface area contributed by atoms with Gasteiger partial charge >= 0.3 is 0 Å². The van der Waals surface area contributed by atoms with Crippen molar-refractivity contribution < 1.29 is 0 Å². The highest BCUT2D eigenvalue weighted by molar-refractivity contribution is 8.00. The molecule has 3 heteroatoms. The van der Waals surface area contributed by atoms with E-state index < -0.39 is 0 Å². The van der Waals surface area contributed by atoms with Crippen LogP contribution in [0.4, 0.5) is 0 Å². The summed E-state index contributed by atoms with van der Waals surface area (Å²) in [6.07, 6.45) is 9.05. The van der Waals surface area contributed by atoms with Crippen LogP contribution in [-0.4, -0.2) is 41.6 Å². The average Bonchev–Trinajstić information content (AvgIpc) is 2.11. The van der Waals surface area contributed by atoms with E-state index >= 15 is 0 Å². The molecule has 2 rings (SSSR count). The van der Waals surface area contributed by atoms with Gasteiger partial charge in [-0.2, -0.15) is 11.8 Å². The van der Waals surface area contributed by atoms with E-state index in [1.807, 2.05) is 0 Å². The molecule has 14 heavy (non-hydrogen) atoms. The van der Waals surface area contributed by atoms with Gasteiger partial charge in [-0.05, 0) is 38.5 Å². The Hall–Kier alpha value is 0.270. The Balaban J connectivity index is 1.83. The zero-order valence-electron chi connectivity index (χ0n) is 9.17. The van der Waals surface area contributed by atoms with Crippen molar-refractivity contribution in [1.29, 1.82) is 0 Å². The first kappa shape index (κ1) is 10.8. The Kier molecular flexibility index (Phi) is 3.40. The van der Waals surface area contributed by atoms with Crippen LogP contribution in [0.15, 0.2) is 0 Å². The summed E-state index contributed by atoms with van der Waals surface area (Å²) in [7, 11) is 0. The summed E-state index contributed by atoms with van der Waals surface area (Å²) in [5, 5.41) is 0. The van der Waals surface area contributed by atoms with Crippen LogP contribution in [0.3, 0.4) is 0 Å². The van der Waals surface area contributed by atoms with E-state index in [0.29, 0.717) is 10.8 Å². The number of rotatable bonds is 3. The lowest BCUT2D eigenvalue weighted by atomic mass is 9.83. The highest BCUT2D eigenvalue weighted by atomic mass is 32.2. The van der Waals surface area contributed by atoms with Crippen LogP contribution in [-0.2, 0) is 0 Å². The van der Waals surface area contributed by atoms with Crippen molar-refractivity contribution >= 4 is 11.8 Å². The Morgan fingerprint density at radius 2 is 2.21 bits per heavy atom. The monoisotopic (exact) mass is 214 g/mol. The smallest absolute Gasteiger partial charge is 0.0284 e. The molecule has 1 unspecified atom stereocenters. The van der Waals surface area contributed by atoms with Crippen molar-refractivity contribution in [3.63, 3.8) is 0 Å². The number of hydrogen-bond acceptors (Lipinski definition) is 3. The Labute approximate surface area is 91.6 Å². The van der Waals surface area contributed by atoms with Gasteiger partial charge in [-0.3, -0.25) is 0 Å². The van der Waals surface area contributed by atoms with Crippen molar-refractivity contribution in [2.45, 2.75) is 42.9 Å². The Morgan fingerprint density at radius 3 is 2.71 bits per heavy atom. The molecule has 0 aromatic heterocycles. The number of thioether (sulfide) groups is 1. The first-order valence-corrected chi connectivity index (χ1v) is 7.00. The summed E-state index contributed by atoms with van der Waals surface area (Å²) >= 11 is 2.07. The van der Waals surface area contributed by atoms with Crippen LogP contribution in [0.5, 0.6) is 0 Å². The maximum atomic E-state index is 6.00. The van der Waals surface area contributed by atoms with E-state index in [1.165, 1.54) is 45.2 Å². The summed E-state index contributed by atoms with van der Waals surface area (Å²) in [5.41, 5.74) is 6.00. The molecule has 2 nitrogen and oxygen atoms in total. The molecule has 0 aromatic rings. The maximum Gasteiger partial charge on any atom is 0.0284 e. The molecule has 1 saturated heterocycles. The SMILES string of the molecule is CSC1(CN2CCCC(N)C2)CCC1. The van der Waals surface area contributed by atoms with Gasteiger partial charge in [0.05, 0.1) is 0 Å². The number of nitrogens with two attached hydrogens (primary N) is 1. The van der Waals surface area contributed by atoms with E-state index in [-0.39, 0.29) is 0 Å². The lowest BCUT2D eigenvalue weighted by molar-refractivity contribution is 0.162. The molecule has 0 amide bonds. The highest BCUT2D eigenvalue weighted by Crippen LogP contribution is 2.43. The molecule has 2 aliphatic rings. The molecule has 1 aliphatic heterocycles. The molecule has 2 fully saturated rings. The standard InChI is InChI=1S/C11H22N2S/c1-14-11(5-3-6-11)9-13-7-2-4-10(12)8-13/h10H,2-9,12H2,1H3. The quantitative estimate of drug-likeness (QED) is 0.775. The fraction of sp³-hybridized carbons (Fsp3) is 1.00. The maximum absolute atomic E-state index is 6.00. The van der Waals surface area contributed by atoms with E-state index in [4.69, 9.17) is 5.73 Å². The van der Waals surface area contributed by atoms with Gasteiger partial charge in [-0.25, -0.2) is 0 Å². The van der Waals surface area contributed by atoms with Gasteiger partial charge in [0.1, 0.15) is 0 Å². The van der Waals surface area contributed by atoms with Gasteiger partial charge < -0.3 is 10.6 Å². The summed E-state index contributed by atoms with van der Waals surface area (Å²) in [4.78, 5) is 2.59. The number of likely N-dealkylation sites (tertiary alicyclic amines) is 1. The summed E-state index contributed by atoms with van der Waals surface area (Å²) < 4.78 is 0.594. The topological polar surface area (TPSA) is 29.3 Å². The first-order chi connectivity index (χ1) is 6.74. The van der Waals surface area contributed by atoms with E-state index in [0.717, 1.165) is 6.54 Å². The molecule has 0 spiro atoms. The average molecular weight is 214 g/mol. The van der Waals surface area contributed by atoms with E-state index in [9.17, 15) is 0 Å². The van der Waals surface area contributed by atoms with Crippen molar-refractivity contribution in [2.75, 3.05) is 25.9 Å². The second-order valence-corrected chi connectivity index (χ2v) is 6.15. The van der Waals surface area contributed by atoms with Crippen molar-refractivity contribution in [1.82, 2.24) is 4.90 Å². The minimum atomic E-state index is 0.433. The summed E-state index contributed by atoms with van der Waals surface area (Å²) in [6.45, 7) is 3.68. The lowest BCUT2D eigenvalue weighted by Gasteiger charge is -2.45. The zero-order chi connectivity index (χ0) is 10.0. The molecule has 0 aromatic carbocycles.